The fraction of sp³-hybridized carbons (Fsp3) is 0.333. The van der Waals surface area contributed by atoms with Crippen molar-refractivity contribution in [3.63, 3.8) is 0 Å². The van der Waals surface area contributed by atoms with Gasteiger partial charge in [-0.3, -0.25) is 34.4 Å². The first-order valence-electron chi connectivity index (χ1n) is 9.73. The molecule has 1 heterocycles. The third-order valence-electron chi connectivity index (χ3n) is 4.47. The SMILES string of the molecule is CN(C)c1ccc(C=c2sc(=CC(=O)C(C)(C)C)n(CC(=O)NC(N)=O)c2=O)cc1[N+](=O)[O-]. The molecule has 0 unspecified atom stereocenters. The molecule has 33 heavy (non-hydrogen) atoms. The number of urea groups is 1. The summed E-state index contributed by atoms with van der Waals surface area (Å²) in [5.41, 5.74) is 4.29. The van der Waals surface area contributed by atoms with E-state index in [0.29, 0.717) is 11.3 Å². The maximum absolute atomic E-state index is 13.0. The molecule has 3 amide bonds. The van der Waals surface area contributed by atoms with Crippen molar-refractivity contribution in [1.29, 1.82) is 0 Å². The summed E-state index contributed by atoms with van der Waals surface area (Å²) in [7, 11) is 3.35. The number of benzene rings is 1. The summed E-state index contributed by atoms with van der Waals surface area (Å²) in [5.74, 6) is -1.09. The highest BCUT2D eigenvalue weighted by Crippen LogP contribution is 2.27. The van der Waals surface area contributed by atoms with Gasteiger partial charge in [0, 0.05) is 31.7 Å². The van der Waals surface area contributed by atoms with Crippen LogP contribution in [0.1, 0.15) is 26.3 Å². The Bertz CT molecular complexity index is 1300. The number of nitrogens with two attached hydrogens (primary N) is 1. The lowest BCUT2D eigenvalue weighted by atomic mass is 9.91. The number of thiazole rings is 1. The van der Waals surface area contributed by atoms with Crippen molar-refractivity contribution in [2.24, 2.45) is 11.1 Å². The number of primary amides is 1. The summed E-state index contributed by atoms with van der Waals surface area (Å²) in [6.45, 7) is 4.59. The van der Waals surface area contributed by atoms with Crippen LogP contribution in [0.15, 0.2) is 23.0 Å². The van der Waals surface area contributed by atoms with E-state index in [2.05, 4.69) is 0 Å². The van der Waals surface area contributed by atoms with E-state index in [0.717, 1.165) is 15.9 Å². The average molecular weight is 476 g/mol. The van der Waals surface area contributed by atoms with Crippen LogP contribution in [-0.4, -0.2) is 41.3 Å². The number of ketones is 1. The van der Waals surface area contributed by atoms with Gasteiger partial charge in [0.1, 0.15) is 16.9 Å². The molecular formula is C21H25N5O6S. The number of nitrogens with zero attached hydrogens (tertiary/aromatic N) is 3. The van der Waals surface area contributed by atoms with Gasteiger partial charge in [0.05, 0.1) is 9.46 Å². The zero-order valence-corrected chi connectivity index (χ0v) is 19.7. The van der Waals surface area contributed by atoms with Crippen LogP contribution in [0.2, 0.25) is 0 Å². The van der Waals surface area contributed by atoms with Crippen LogP contribution in [0.3, 0.4) is 0 Å². The molecule has 0 saturated carbocycles. The molecule has 0 spiro atoms. The summed E-state index contributed by atoms with van der Waals surface area (Å²) in [6, 6.07) is 3.45. The molecule has 0 aliphatic heterocycles. The lowest BCUT2D eigenvalue weighted by molar-refractivity contribution is -0.384. The molecule has 0 aliphatic rings. The van der Waals surface area contributed by atoms with Crippen LogP contribution in [0.5, 0.6) is 0 Å². The Morgan fingerprint density at radius 2 is 1.91 bits per heavy atom. The first-order chi connectivity index (χ1) is 15.2. The minimum Gasteiger partial charge on any atom is -0.372 e. The molecule has 2 aromatic rings. The van der Waals surface area contributed by atoms with Gasteiger partial charge in [-0.2, -0.15) is 0 Å². The van der Waals surface area contributed by atoms with Crippen LogP contribution in [0.25, 0.3) is 12.2 Å². The van der Waals surface area contributed by atoms with Crippen LogP contribution in [0.4, 0.5) is 16.2 Å². The standard InChI is InChI=1S/C21H25N5O6S/c1-21(2,3)16(27)10-18-25(11-17(28)23-20(22)30)19(29)15(33-18)9-12-6-7-13(24(4)5)14(8-12)26(31)32/h6-10H,11H2,1-5H3,(H3,22,23,28,30). The largest absolute Gasteiger partial charge is 0.372 e. The number of nitro benzene ring substituents is 1. The molecule has 0 aliphatic carbocycles. The van der Waals surface area contributed by atoms with E-state index in [1.807, 2.05) is 5.32 Å². The van der Waals surface area contributed by atoms with Crippen LogP contribution in [0, 0.1) is 15.5 Å². The van der Waals surface area contributed by atoms with Gasteiger partial charge in [0.2, 0.25) is 5.91 Å². The molecule has 0 saturated heterocycles. The number of carbonyl (C=O) groups excluding carboxylic acids is 3. The molecule has 2 rings (SSSR count). The molecular weight excluding hydrogens is 450 g/mol. The molecule has 0 radical (unpaired) electrons. The number of carbonyl (C=O) groups is 3. The highest BCUT2D eigenvalue weighted by molar-refractivity contribution is 7.07. The predicted molar refractivity (Wildman–Crippen MR) is 125 cm³/mol. The molecule has 0 fully saturated rings. The van der Waals surface area contributed by atoms with Gasteiger partial charge in [-0.15, -0.1) is 11.3 Å². The number of anilines is 1. The summed E-state index contributed by atoms with van der Waals surface area (Å²) < 4.78 is 1.41. The molecule has 3 N–H and O–H groups in total. The van der Waals surface area contributed by atoms with Crippen LogP contribution < -0.4 is 30.7 Å². The van der Waals surface area contributed by atoms with E-state index in [1.54, 1.807) is 51.9 Å². The predicted octanol–water partition coefficient (Wildman–Crippen LogP) is 0.303. The number of imide groups is 1. The van der Waals surface area contributed by atoms with Gasteiger partial charge in [0.15, 0.2) is 5.78 Å². The summed E-state index contributed by atoms with van der Waals surface area (Å²) in [6.07, 6.45) is 2.71. The molecule has 0 atom stereocenters. The number of nitrogens with one attached hydrogen (secondary N) is 1. The van der Waals surface area contributed by atoms with E-state index in [-0.39, 0.29) is 20.7 Å². The van der Waals surface area contributed by atoms with Crippen molar-refractivity contribution in [2.45, 2.75) is 27.3 Å². The molecule has 1 aromatic heterocycles. The quantitative estimate of drug-likeness (QED) is 0.449. The second kappa shape index (κ2) is 9.77. The number of Topliss-reactive ketones (excluding diaryl/α,β-unsaturated/α-hetero) is 1. The first kappa shape index (κ1) is 25.5. The Morgan fingerprint density at radius 1 is 1.27 bits per heavy atom. The maximum atomic E-state index is 13.0. The molecule has 12 heteroatoms. The zero-order valence-electron chi connectivity index (χ0n) is 18.9. The number of rotatable bonds is 6. The van der Waals surface area contributed by atoms with E-state index >= 15 is 0 Å². The van der Waals surface area contributed by atoms with E-state index in [1.165, 1.54) is 18.2 Å². The first-order valence-corrected chi connectivity index (χ1v) is 10.5. The Labute approximate surface area is 193 Å². The zero-order chi connectivity index (χ0) is 25.1. The second-order valence-corrected chi connectivity index (χ2v) is 9.47. The van der Waals surface area contributed by atoms with E-state index in [9.17, 15) is 29.3 Å². The Balaban J connectivity index is 2.71. The molecule has 1 aromatic carbocycles. The highest BCUT2D eigenvalue weighted by Gasteiger charge is 2.20. The number of hydrogen-bond donors (Lipinski definition) is 2. The van der Waals surface area contributed by atoms with Crippen molar-refractivity contribution in [3.05, 3.63) is 53.4 Å². The third kappa shape index (κ3) is 6.35. The number of aromatic nitrogens is 1. The van der Waals surface area contributed by atoms with Crippen molar-refractivity contribution in [2.75, 3.05) is 19.0 Å². The number of hydrogen-bond acceptors (Lipinski definition) is 8. The second-order valence-electron chi connectivity index (χ2n) is 8.41. The normalized spacial score (nSPS) is 12.5. The molecule has 11 nitrogen and oxygen atoms in total. The van der Waals surface area contributed by atoms with Gasteiger partial charge in [-0.25, -0.2) is 4.79 Å². The minimum absolute atomic E-state index is 0.138. The van der Waals surface area contributed by atoms with Crippen molar-refractivity contribution in [3.8, 4) is 0 Å². The third-order valence-corrected chi connectivity index (χ3v) is 5.53. The fourth-order valence-electron chi connectivity index (χ4n) is 2.75. The Kier molecular flexibility index (Phi) is 7.54. The topological polar surface area (TPSA) is 158 Å². The van der Waals surface area contributed by atoms with Crippen molar-refractivity contribution < 1.29 is 19.3 Å². The smallest absolute Gasteiger partial charge is 0.318 e. The number of nitro groups is 1. The van der Waals surface area contributed by atoms with Gasteiger partial charge in [-0.05, 0) is 17.7 Å². The van der Waals surface area contributed by atoms with Crippen molar-refractivity contribution >= 4 is 52.6 Å². The maximum Gasteiger partial charge on any atom is 0.318 e. The summed E-state index contributed by atoms with van der Waals surface area (Å²) >= 11 is 0.953. The van der Waals surface area contributed by atoms with Gasteiger partial charge in [-0.1, -0.05) is 26.8 Å². The Hall–Kier alpha value is -3.80. The summed E-state index contributed by atoms with van der Waals surface area (Å²) in [4.78, 5) is 61.1. The van der Waals surface area contributed by atoms with Gasteiger partial charge < -0.3 is 10.6 Å². The van der Waals surface area contributed by atoms with Gasteiger partial charge >= 0.3 is 6.03 Å². The van der Waals surface area contributed by atoms with E-state index in [4.69, 9.17) is 5.73 Å². The monoisotopic (exact) mass is 475 g/mol. The lowest BCUT2D eigenvalue weighted by Crippen LogP contribution is -2.42. The highest BCUT2D eigenvalue weighted by atomic mass is 32.1. The average Bonchev–Trinajstić information content (AvgIpc) is 2.95. The van der Waals surface area contributed by atoms with Gasteiger partial charge in [0.25, 0.3) is 11.2 Å². The molecule has 0 bridgehead atoms. The van der Waals surface area contributed by atoms with E-state index < -0.39 is 34.4 Å². The Morgan fingerprint density at radius 3 is 2.42 bits per heavy atom. The van der Waals surface area contributed by atoms with Crippen LogP contribution >= 0.6 is 11.3 Å². The number of amides is 3. The minimum atomic E-state index is -1.07. The molecule has 176 valence electrons. The summed E-state index contributed by atoms with van der Waals surface area (Å²) in [5, 5.41) is 13.3. The van der Waals surface area contributed by atoms with Crippen LogP contribution in [-0.2, 0) is 16.1 Å². The lowest BCUT2D eigenvalue weighted by Gasteiger charge is -2.12. The fourth-order valence-corrected chi connectivity index (χ4v) is 3.79. The van der Waals surface area contributed by atoms with Crippen molar-refractivity contribution in [1.82, 2.24) is 9.88 Å².